The van der Waals surface area contributed by atoms with Crippen LogP contribution in [0.1, 0.15) is 341 Å². The van der Waals surface area contributed by atoms with E-state index in [0.29, 0.717) is 6.42 Å². The number of unbranched alkanes of at least 4 members (excludes halogenated alkanes) is 48. The van der Waals surface area contributed by atoms with Crippen molar-refractivity contribution in [1.82, 2.24) is 5.32 Å². The van der Waals surface area contributed by atoms with E-state index in [0.717, 1.165) is 38.5 Å². The Labute approximate surface area is 458 Å². The van der Waals surface area contributed by atoms with E-state index in [4.69, 9.17) is 9.47 Å². The van der Waals surface area contributed by atoms with Gasteiger partial charge in [-0.05, 0) is 19.3 Å². The van der Waals surface area contributed by atoms with Crippen LogP contribution in [0.2, 0.25) is 0 Å². The van der Waals surface area contributed by atoms with Gasteiger partial charge in [-0.1, -0.05) is 328 Å². The highest BCUT2D eigenvalue weighted by molar-refractivity contribution is 5.76. The average molecular weight is 1050 g/mol. The maximum absolute atomic E-state index is 13.1. The van der Waals surface area contributed by atoms with Gasteiger partial charge in [0.05, 0.1) is 25.4 Å². The maximum Gasteiger partial charge on any atom is 0.220 e. The normalized spacial score (nSPS) is 18.9. The number of carbonyl (C=O) groups excluding carboxylic acids is 1. The molecule has 74 heavy (non-hydrogen) atoms. The minimum absolute atomic E-state index is 0.170. The number of nitrogens with one attached hydrogen (secondary N) is 1. The fourth-order valence-corrected chi connectivity index (χ4v) is 10.9. The number of carbonyl (C=O) groups is 1. The summed E-state index contributed by atoms with van der Waals surface area (Å²) in [5.74, 6) is -0.170. The molecule has 0 bridgehead atoms. The van der Waals surface area contributed by atoms with Crippen molar-refractivity contribution in [2.45, 2.75) is 384 Å². The molecule has 1 fully saturated rings. The summed E-state index contributed by atoms with van der Waals surface area (Å²) in [6.07, 6.45) is 63.4. The molecule has 1 rings (SSSR count). The first-order valence-electron chi connectivity index (χ1n) is 32.9. The molecule has 0 aromatic rings. The molecular weight excluding hydrogens is 923 g/mol. The highest BCUT2D eigenvalue weighted by atomic mass is 16.7. The number of hydrogen-bond donors (Lipinski definition) is 6. The summed E-state index contributed by atoms with van der Waals surface area (Å²) in [7, 11) is 0. The molecule has 6 N–H and O–H groups in total. The molecule has 440 valence electrons. The van der Waals surface area contributed by atoms with Crippen molar-refractivity contribution in [1.29, 1.82) is 0 Å². The Hall–Kier alpha value is -1.07. The van der Waals surface area contributed by atoms with Gasteiger partial charge < -0.3 is 40.3 Å². The molecule has 0 aliphatic carbocycles. The van der Waals surface area contributed by atoms with Crippen LogP contribution >= 0.6 is 0 Å². The fourth-order valence-electron chi connectivity index (χ4n) is 10.9. The fraction of sp³-hybridized carbons (Fsp3) is 0.954. The standard InChI is InChI=1S/C65H127NO8/c1-3-5-7-9-11-13-15-17-18-19-20-21-22-23-24-25-26-27-28-29-30-31-32-33-34-35-36-37-38-39-40-41-43-45-47-49-51-53-55-61(69)66-58(57-73-65-64(72)63(71)62(70)60(56-67)74-65)59(68)54-52-50-48-46-44-42-16-14-12-10-8-6-4-2/h52,54,58-60,62-65,67-68,70-72H,3-51,53,55-57H2,1-2H3,(H,66,69)/b54-52+. The third-order valence-corrected chi connectivity index (χ3v) is 16.1. The summed E-state index contributed by atoms with van der Waals surface area (Å²) in [5.41, 5.74) is 0. The Balaban J connectivity index is 2.01. The quantitative estimate of drug-likeness (QED) is 0.0261. The van der Waals surface area contributed by atoms with Gasteiger partial charge >= 0.3 is 0 Å². The van der Waals surface area contributed by atoms with Gasteiger partial charge in [0.15, 0.2) is 6.29 Å². The van der Waals surface area contributed by atoms with Crippen LogP contribution in [0.3, 0.4) is 0 Å². The maximum atomic E-state index is 13.1. The summed E-state index contributed by atoms with van der Waals surface area (Å²) < 4.78 is 11.3. The zero-order chi connectivity index (χ0) is 53.6. The summed E-state index contributed by atoms with van der Waals surface area (Å²) in [6, 6.07) is -0.800. The smallest absolute Gasteiger partial charge is 0.220 e. The lowest BCUT2D eigenvalue weighted by Gasteiger charge is -2.40. The van der Waals surface area contributed by atoms with Crippen molar-refractivity contribution in [3.63, 3.8) is 0 Å². The van der Waals surface area contributed by atoms with E-state index in [9.17, 15) is 30.3 Å². The number of hydrogen-bond acceptors (Lipinski definition) is 8. The van der Waals surface area contributed by atoms with Crippen LogP contribution < -0.4 is 5.32 Å². The molecule has 9 nitrogen and oxygen atoms in total. The van der Waals surface area contributed by atoms with E-state index < -0.39 is 49.5 Å². The molecule has 0 radical (unpaired) electrons. The van der Waals surface area contributed by atoms with E-state index in [-0.39, 0.29) is 12.5 Å². The van der Waals surface area contributed by atoms with Crippen LogP contribution in [0, 0.1) is 0 Å². The zero-order valence-corrected chi connectivity index (χ0v) is 49.1. The summed E-state index contributed by atoms with van der Waals surface area (Å²) in [6.45, 7) is 3.81. The molecule has 1 aliphatic rings. The van der Waals surface area contributed by atoms with E-state index in [1.807, 2.05) is 6.08 Å². The SMILES string of the molecule is CCCCCCCCCCCCC/C=C/C(O)C(COC1OC(CO)C(O)C(O)C1O)NC(=O)CCCCCCCCCCCCCCCCCCCCCCCCCCCCCCCCCCCCCCCC. The lowest BCUT2D eigenvalue weighted by molar-refractivity contribution is -0.302. The number of aliphatic hydroxyl groups excluding tert-OH is 5. The lowest BCUT2D eigenvalue weighted by atomic mass is 9.99. The van der Waals surface area contributed by atoms with E-state index in [1.54, 1.807) is 6.08 Å². The molecule has 0 spiro atoms. The van der Waals surface area contributed by atoms with Gasteiger partial charge in [-0.25, -0.2) is 0 Å². The first-order chi connectivity index (χ1) is 36.3. The topological polar surface area (TPSA) is 149 Å². The highest BCUT2D eigenvalue weighted by Crippen LogP contribution is 2.23. The third-order valence-electron chi connectivity index (χ3n) is 16.1. The highest BCUT2D eigenvalue weighted by Gasteiger charge is 2.44. The second-order valence-electron chi connectivity index (χ2n) is 23.3. The molecule has 7 unspecified atom stereocenters. The molecule has 0 aromatic carbocycles. The molecular formula is C65H127NO8. The third kappa shape index (κ3) is 43.9. The minimum Gasteiger partial charge on any atom is -0.394 e. The molecule has 9 heteroatoms. The van der Waals surface area contributed by atoms with Gasteiger partial charge in [-0.15, -0.1) is 0 Å². The van der Waals surface area contributed by atoms with E-state index >= 15 is 0 Å². The zero-order valence-electron chi connectivity index (χ0n) is 49.1. The Bertz CT molecular complexity index is 1170. The first-order valence-corrected chi connectivity index (χ1v) is 32.9. The van der Waals surface area contributed by atoms with E-state index in [1.165, 1.54) is 283 Å². The minimum atomic E-state index is -1.56. The largest absolute Gasteiger partial charge is 0.394 e. The number of amides is 1. The number of aliphatic hydroxyl groups is 5. The predicted octanol–water partition coefficient (Wildman–Crippen LogP) is 17.1. The Kier molecular flexibility index (Phi) is 53.0. The lowest BCUT2D eigenvalue weighted by Crippen LogP contribution is -2.60. The number of rotatable bonds is 58. The monoisotopic (exact) mass is 1050 g/mol. The predicted molar refractivity (Wildman–Crippen MR) is 314 cm³/mol. The molecule has 1 heterocycles. The van der Waals surface area contributed by atoms with Gasteiger partial charge in [-0.2, -0.15) is 0 Å². The van der Waals surface area contributed by atoms with Crippen LogP contribution in [-0.4, -0.2) is 87.5 Å². The Morgan fingerprint density at radius 1 is 0.446 bits per heavy atom. The second kappa shape index (κ2) is 55.3. The van der Waals surface area contributed by atoms with Crippen molar-refractivity contribution < 1.29 is 39.8 Å². The summed E-state index contributed by atoms with van der Waals surface area (Å²) in [4.78, 5) is 13.1. The van der Waals surface area contributed by atoms with Crippen molar-refractivity contribution in [3.05, 3.63) is 12.2 Å². The average Bonchev–Trinajstić information content (AvgIpc) is 3.40. The van der Waals surface area contributed by atoms with Crippen molar-refractivity contribution in [2.75, 3.05) is 13.2 Å². The van der Waals surface area contributed by atoms with Gasteiger partial charge in [0, 0.05) is 6.42 Å². The molecule has 7 atom stereocenters. The first kappa shape index (κ1) is 70.9. The van der Waals surface area contributed by atoms with Gasteiger partial charge in [0.1, 0.15) is 24.4 Å². The molecule has 1 aliphatic heterocycles. The molecule has 1 amide bonds. The Morgan fingerprint density at radius 3 is 1.05 bits per heavy atom. The van der Waals surface area contributed by atoms with Crippen LogP contribution in [0.15, 0.2) is 12.2 Å². The van der Waals surface area contributed by atoms with Gasteiger partial charge in [0.25, 0.3) is 0 Å². The summed E-state index contributed by atoms with van der Waals surface area (Å²) >= 11 is 0. The van der Waals surface area contributed by atoms with Gasteiger partial charge in [0.2, 0.25) is 5.91 Å². The number of allylic oxidation sites excluding steroid dienone is 1. The van der Waals surface area contributed by atoms with Gasteiger partial charge in [-0.3, -0.25) is 4.79 Å². The van der Waals surface area contributed by atoms with Crippen molar-refractivity contribution in [2.24, 2.45) is 0 Å². The van der Waals surface area contributed by atoms with Crippen molar-refractivity contribution in [3.8, 4) is 0 Å². The van der Waals surface area contributed by atoms with E-state index in [2.05, 4.69) is 19.2 Å². The van der Waals surface area contributed by atoms with Crippen LogP contribution in [-0.2, 0) is 14.3 Å². The van der Waals surface area contributed by atoms with Crippen LogP contribution in [0.25, 0.3) is 0 Å². The van der Waals surface area contributed by atoms with Crippen LogP contribution in [0.4, 0.5) is 0 Å². The Morgan fingerprint density at radius 2 is 0.743 bits per heavy atom. The number of ether oxygens (including phenoxy) is 2. The van der Waals surface area contributed by atoms with Crippen LogP contribution in [0.5, 0.6) is 0 Å². The summed E-state index contributed by atoms with van der Waals surface area (Å²) in [5, 5.41) is 54.5. The molecule has 0 saturated carbocycles. The molecule has 0 aromatic heterocycles. The second-order valence-corrected chi connectivity index (χ2v) is 23.3. The molecule has 1 saturated heterocycles. The van der Waals surface area contributed by atoms with Crippen molar-refractivity contribution >= 4 is 5.91 Å².